The summed E-state index contributed by atoms with van der Waals surface area (Å²) in [4.78, 5) is 20.8. The van der Waals surface area contributed by atoms with Crippen molar-refractivity contribution in [1.82, 2.24) is 19.6 Å². The molecule has 1 atom stereocenters. The molecule has 35 heavy (non-hydrogen) atoms. The number of nitrogens with zero attached hydrogens (tertiary/aromatic N) is 3. The standard InChI is InChI=1S/C23H32N5O5PS/c1-23(2,15-29)22(30)35-13-12-33-34(31,27-14-18-6-4-3-5-7-18)17-32-11-10-28-16-26-20-19(24)8-9-25-21(20)28/h3-9,16,29H,10-15,17H2,1-2H3,(H2,24,25)(H,27,31). The molecule has 3 aromatic rings. The van der Waals surface area contributed by atoms with Crippen LogP contribution in [0.25, 0.3) is 11.2 Å². The fourth-order valence-electron chi connectivity index (χ4n) is 3.01. The molecule has 0 aliphatic rings. The van der Waals surface area contributed by atoms with E-state index in [1.807, 2.05) is 34.9 Å². The number of aromatic nitrogens is 3. The van der Waals surface area contributed by atoms with Crippen molar-refractivity contribution < 1.29 is 23.7 Å². The van der Waals surface area contributed by atoms with Crippen molar-refractivity contribution >= 4 is 41.2 Å². The molecule has 10 nitrogen and oxygen atoms in total. The van der Waals surface area contributed by atoms with E-state index >= 15 is 0 Å². The molecule has 0 saturated heterocycles. The summed E-state index contributed by atoms with van der Waals surface area (Å²) in [6.45, 7) is 4.27. The molecule has 4 N–H and O–H groups in total. The fourth-order valence-corrected chi connectivity index (χ4v) is 5.38. The number of nitrogen functional groups attached to an aromatic ring is 1. The first-order chi connectivity index (χ1) is 16.7. The quantitative estimate of drug-likeness (QED) is 0.214. The van der Waals surface area contributed by atoms with Crippen molar-refractivity contribution in [3.63, 3.8) is 0 Å². The molecule has 0 fully saturated rings. The first kappa shape index (κ1) is 27.3. The highest BCUT2D eigenvalue weighted by molar-refractivity contribution is 8.13. The number of anilines is 1. The maximum atomic E-state index is 13.5. The van der Waals surface area contributed by atoms with Gasteiger partial charge in [-0.3, -0.25) is 9.36 Å². The van der Waals surface area contributed by atoms with Crippen molar-refractivity contribution in [3.8, 4) is 0 Å². The number of nitrogens with one attached hydrogen (secondary N) is 1. The van der Waals surface area contributed by atoms with Crippen LogP contribution in [0.4, 0.5) is 5.69 Å². The predicted molar refractivity (Wildman–Crippen MR) is 138 cm³/mol. The van der Waals surface area contributed by atoms with Gasteiger partial charge in [0.25, 0.3) is 7.52 Å². The van der Waals surface area contributed by atoms with Gasteiger partial charge >= 0.3 is 0 Å². The van der Waals surface area contributed by atoms with Gasteiger partial charge in [-0.25, -0.2) is 15.1 Å². The number of carbonyl (C=O) groups excluding carboxylic acids is 1. The third kappa shape index (κ3) is 7.86. The summed E-state index contributed by atoms with van der Waals surface area (Å²) in [6.07, 6.45) is 3.13. The topological polar surface area (TPSA) is 142 Å². The number of nitrogens with two attached hydrogens (primary N) is 1. The molecular weight excluding hydrogens is 489 g/mol. The minimum atomic E-state index is -3.36. The molecule has 2 aromatic heterocycles. The van der Waals surface area contributed by atoms with Crippen LogP contribution in [-0.4, -0.2) is 56.7 Å². The SMILES string of the molecule is CC(C)(CO)C(=O)SCCOP(=O)(COCCn1cnc2c(N)ccnc21)NCc1ccccc1. The summed E-state index contributed by atoms with van der Waals surface area (Å²) in [7, 11) is -3.36. The van der Waals surface area contributed by atoms with E-state index in [0.29, 0.717) is 35.7 Å². The zero-order valence-electron chi connectivity index (χ0n) is 19.9. The van der Waals surface area contributed by atoms with E-state index in [2.05, 4.69) is 15.1 Å². The molecule has 190 valence electrons. The third-order valence-corrected chi connectivity index (χ3v) is 8.15. The summed E-state index contributed by atoms with van der Waals surface area (Å²) in [5, 5.41) is 12.2. The molecule has 1 aromatic carbocycles. The van der Waals surface area contributed by atoms with Crippen LogP contribution < -0.4 is 10.8 Å². The van der Waals surface area contributed by atoms with Gasteiger partial charge in [-0.05, 0) is 25.5 Å². The molecule has 2 heterocycles. The van der Waals surface area contributed by atoms with Gasteiger partial charge in [0.2, 0.25) is 0 Å². The number of thioether (sulfide) groups is 1. The van der Waals surface area contributed by atoms with Gasteiger partial charge in [-0.1, -0.05) is 42.1 Å². The molecule has 12 heteroatoms. The Morgan fingerprint density at radius 3 is 2.74 bits per heavy atom. The van der Waals surface area contributed by atoms with E-state index in [0.717, 1.165) is 17.3 Å². The fraction of sp³-hybridized carbons (Fsp3) is 0.435. The average Bonchev–Trinajstić information content (AvgIpc) is 3.28. The van der Waals surface area contributed by atoms with Crippen LogP contribution in [0, 0.1) is 5.41 Å². The summed E-state index contributed by atoms with van der Waals surface area (Å²) >= 11 is 1.05. The van der Waals surface area contributed by atoms with Crippen molar-refractivity contribution in [2.75, 3.05) is 37.7 Å². The van der Waals surface area contributed by atoms with Gasteiger partial charge in [0.15, 0.2) is 10.8 Å². The normalized spacial score (nSPS) is 13.7. The second-order valence-corrected chi connectivity index (χ2v) is 11.8. The minimum Gasteiger partial charge on any atom is -0.397 e. The molecule has 0 aliphatic carbocycles. The number of aliphatic hydroxyl groups is 1. The second kappa shape index (κ2) is 12.6. The van der Waals surface area contributed by atoms with Crippen LogP contribution in [0.1, 0.15) is 19.4 Å². The van der Waals surface area contributed by atoms with Crippen LogP contribution in [0.3, 0.4) is 0 Å². The number of pyridine rings is 1. The molecule has 0 radical (unpaired) electrons. The Morgan fingerprint density at radius 2 is 2.00 bits per heavy atom. The summed E-state index contributed by atoms with van der Waals surface area (Å²) in [5.41, 5.74) is 7.89. The number of benzene rings is 1. The number of fused-ring (bicyclic) bond motifs is 1. The second-order valence-electron chi connectivity index (χ2n) is 8.55. The first-order valence-corrected chi connectivity index (χ1v) is 14.0. The Labute approximate surface area is 209 Å². The smallest absolute Gasteiger partial charge is 0.295 e. The Hall–Kier alpha value is -2.27. The highest BCUT2D eigenvalue weighted by atomic mass is 32.2. The van der Waals surface area contributed by atoms with Gasteiger partial charge < -0.3 is 24.7 Å². The van der Waals surface area contributed by atoms with Crippen LogP contribution >= 0.6 is 19.3 Å². The number of hydrogen-bond donors (Lipinski definition) is 3. The van der Waals surface area contributed by atoms with Crippen molar-refractivity contribution in [1.29, 1.82) is 0 Å². The monoisotopic (exact) mass is 521 g/mol. The lowest BCUT2D eigenvalue weighted by atomic mass is 9.97. The highest BCUT2D eigenvalue weighted by Crippen LogP contribution is 2.43. The molecule has 0 aliphatic heterocycles. The van der Waals surface area contributed by atoms with Gasteiger partial charge in [0.1, 0.15) is 11.9 Å². The predicted octanol–water partition coefficient (Wildman–Crippen LogP) is 3.27. The van der Waals surface area contributed by atoms with Gasteiger partial charge in [0, 0.05) is 25.0 Å². The lowest BCUT2D eigenvalue weighted by molar-refractivity contribution is -0.119. The zero-order valence-corrected chi connectivity index (χ0v) is 21.6. The van der Waals surface area contributed by atoms with Crippen LogP contribution in [0.5, 0.6) is 0 Å². The number of aliphatic hydroxyl groups excluding tert-OH is 1. The number of ether oxygens (including phenoxy) is 1. The lowest BCUT2D eigenvalue weighted by Gasteiger charge is -2.21. The Bertz CT molecular complexity index is 1160. The van der Waals surface area contributed by atoms with E-state index in [4.69, 9.17) is 15.0 Å². The van der Waals surface area contributed by atoms with Gasteiger partial charge in [0.05, 0.1) is 37.3 Å². The molecule has 3 rings (SSSR count). The Morgan fingerprint density at radius 1 is 1.23 bits per heavy atom. The van der Waals surface area contributed by atoms with E-state index in [1.54, 1.807) is 32.4 Å². The third-order valence-electron chi connectivity index (χ3n) is 5.20. The molecule has 0 saturated carbocycles. The lowest BCUT2D eigenvalue weighted by Crippen LogP contribution is -2.26. The first-order valence-electron chi connectivity index (χ1n) is 11.2. The molecule has 0 spiro atoms. The number of rotatable bonds is 14. The molecule has 0 amide bonds. The molecule has 1 unspecified atom stereocenters. The average molecular weight is 522 g/mol. The Balaban J connectivity index is 1.54. The van der Waals surface area contributed by atoms with Crippen molar-refractivity contribution in [3.05, 3.63) is 54.5 Å². The van der Waals surface area contributed by atoms with E-state index in [9.17, 15) is 14.5 Å². The number of hydrogen-bond acceptors (Lipinski definition) is 9. The van der Waals surface area contributed by atoms with E-state index in [-0.39, 0.29) is 31.3 Å². The molecular formula is C23H32N5O5PS. The van der Waals surface area contributed by atoms with Crippen LogP contribution in [0.2, 0.25) is 0 Å². The summed E-state index contributed by atoms with van der Waals surface area (Å²) < 4.78 is 26.7. The summed E-state index contributed by atoms with van der Waals surface area (Å²) in [5.74, 6) is 0.313. The van der Waals surface area contributed by atoms with Crippen LogP contribution in [-0.2, 0) is 31.7 Å². The van der Waals surface area contributed by atoms with Crippen molar-refractivity contribution in [2.45, 2.75) is 26.9 Å². The summed E-state index contributed by atoms with van der Waals surface area (Å²) in [6, 6.07) is 11.3. The maximum Gasteiger partial charge on any atom is 0.295 e. The van der Waals surface area contributed by atoms with Gasteiger partial charge in [-0.2, -0.15) is 0 Å². The van der Waals surface area contributed by atoms with E-state index in [1.165, 1.54) is 0 Å². The van der Waals surface area contributed by atoms with Crippen LogP contribution in [0.15, 0.2) is 48.9 Å². The minimum absolute atomic E-state index is 0.0930. The largest absolute Gasteiger partial charge is 0.397 e. The number of imidazole rings is 1. The maximum absolute atomic E-state index is 13.5. The van der Waals surface area contributed by atoms with Gasteiger partial charge in [-0.15, -0.1) is 0 Å². The van der Waals surface area contributed by atoms with E-state index < -0.39 is 12.9 Å². The van der Waals surface area contributed by atoms with Crippen molar-refractivity contribution in [2.24, 2.45) is 5.41 Å². The molecule has 0 bridgehead atoms. The Kier molecular flexibility index (Phi) is 9.85. The number of carbonyl (C=O) groups is 1. The zero-order chi connectivity index (χ0) is 25.3. The highest BCUT2D eigenvalue weighted by Gasteiger charge is 2.28.